The van der Waals surface area contributed by atoms with Gasteiger partial charge in [0.2, 0.25) is 0 Å². The van der Waals surface area contributed by atoms with E-state index >= 15 is 0 Å². The van der Waals surface area contributed by atoms with E-state index in [1.165, 1.54) is 16.7 Å². The Morgan fingerprint density at radius 3 is 1.63 bits per heavy atom. The molecule has 1 saturated carbocycles. The van der Waals surface area contributed by atoms with Gasteiger partial charge in [-0.3, -0.25) is 4.79 Å². The fourth-order valence-electron chi connectivity index (χ4n) is 6.19. The predicted molar refractivity (Wildman–Crippen MR) is 185 cm³/mol. The first-order valence-corrected chi connectivity index (χ1v) is 15.7. The molecule has 2 N–H and O–H groups in total. The van der Waals surface area contributed by atoms with E-state index in [2.05, 4.69) is 97.9 Å². The van der Waals surface area contributed by atoms with E-state index in [1.807, 2.05) is 50.3 Å². The van der Waals surface area contributed by atoms with Crippen molar-refractivity contribution in [1.82, 2.24) is 0 Å². The van der Waals surface area contributed by atoms with Gasteiger partial charge in [-0.25, -0.2) is 0 Å². The number of carbonyl (C=O) groups excluding carboxylic acids is 1. The van der Waals surface area contributed by atoms with E-state index in [1.54, 1.807) is 6.08 Å². The molecule has 0 heterocycles. The predicted octanol–water partition coefficient (Wildman–Crippen LogP) is 9.81. The number of rotatable bonds is 11. The van der Waals surface area contributed by atoms with Gasteiger partial charge in [0.1, 0.15) is 0 Å². The highest BCUT2D eigenvalue weighted by Crippen LogP contribution is 2.53. The van der Waals surface area contributed by atoms with Crippen molar-refractivity contribution in [2.24, 2.45) is 16.2 Å². The second-order valence-corrected chi connectivity index (χ2v) is 14.2. The smallest absolute Gasteiger partial charge is 0.162 e. The number of allylic oxidation sites excluding steroid dienone is 19. The van der Waals surface area contributed by atoms with Crippen LogP contribution in [0.5, 0.6) is 0 Å². The number of carbonyl (C=O) groups is 1. The molecule has 2 aliphatic carbocycles. The van der Waals surface area contributed by atoms with Crippen LogP contribution in [0.3, 0.4) is 0 Å². The van der Waals surface area contributed by atoms with Gasteiger partial charge in [0, 0.05) is 5.41 Å². The summed E-state index contributed by atoms with van der Waals surface area (Å²) in [5.41, 5.74) is 6.34. The molecule has 2 rings (SSSR count). The Bertz CT molecular complexity index is 1310. The van der Waals surface area contributed by atoms with Crippen molar-refractivity contribution in [1.29, 1.82) is 0 Å². The molecule has 43 heavy (non-hydrogen) atoms. The maximum atomic E-state index is 12.9. The van der Waals surface area contributed by atoms with Crippen LogP contribution < -0.4 is 0 Å². The van der Waals surface area contributed by atoms with Crippen LogP contribution >= 0.6 is 0 Å². The van der Waals surface area contributed by atoms with Gasteiger partial charge < -0.3 is 10.2 Å². The van der Waals surface area contributed by atoms with E-state index in [0.717, 1.165) is 29.6 Å². The zero-order valence-corrected chi connectivity index (χ0v) is 28.4. The summed E-state index contributed by atoms with van der Waals surface area (Å²) in [5, 5.41) is 20.2. The molecule has 0 aromatic carbocycles. The topological polar surface area (TPSA) is 57.5 Å². The number of ketones is 1. The minimum absolute atomic E-state index is 0.00528. The largest absolute Gasteiger partial charge is 0.393 e. The Kier molecular flexibility index (Phi) is 13.2. The SMILES string of the molecule is CC1=C(/C=C/C(C)=C\C=C\C(C)=C\C=C\C=C(C)\C=C\C=C(C)/C=C/C(=O)C2(C)CC(O)CC2(C)C)C(C)(C)CC(O)C1. The minimum atomic E-state index is -0.532. The number of aliphatic hydroxyl groups is 2. The van der Waals surface area contributed by atoms with Gasteiger partial charge in [-0.2, -0.15) is 0 Å². The molecule has 2 aliphatic rings. The molecule has 3 atom stereocenters. The van der Waals surface area contributed by atoms with Crippen molar-refractivity contribution in [3.05, 3.63) is 119 Å². The zero-order chi connectivity index (χ0) is 32.4. The van der Waals surface area contributed by atoms with Gasteiger partial charge in [-0.05, 0) is 82.8 Å². The summed E-state index contributed by atoms with van der Waals surface area (Å²) in [6.07, 6.45) is 30.6. The fourth-order valence-corrected chi connectivity index (χ4v) is 6.19. The summed E-state index contributed by atoms with van der Waals surface area (Å²) < 4.78 is 0. The number of aliphatic hydroxyl groups excluding tert-OH is 2. The first kappa shape index (κ1) is 36.2. The normalized spacial score (nSPS) is 27.7. The van der Waals surface area contributed by atoms with Crippen LogP contribution in [0.15, 0.2) is 119 Å². The van der Waals surface area contributed by atoms with Crippen LogP contribution in [-0.4, -0.2) is 28.2 Å². The van der Waals surface area contributed by atoms with Gasteiger partial charge in [0.15, 0.2) is 5.78 Å². The van der Waals surface area contributed by atoms with E-state index in [0.29, 0.717) is 12.8 Å². The Labute approximate surface area is 262 Å². The fraction of sp³-hybridized carbons (Fsp3) is 0.475. The van der Waals surface area contributed by atoms with Crippen molar-refractivity contribution < 1.29 is 15.0 Å². The second-order valence-electron chi connectivity index (χ2n) is 14.2. The molecule has 0 radical (unpaired) electrons. The summed E-state index contributed by atoms with van der Waals surface area (Å²) in [7, 11) is 0. The molecule has 0 spiro atoms. The molecule has 0 aromatic heterocycles. The summed E-state index contributed by atoms with van der Waals surface area (Å²) in [5.74, 6) is 0.0853. The molecule has 0 aromatic rings. The van der Waals surface area contributed by atoms with Gasteiger partial charge >= 0.3 is 0 Å². The molecular formula is C40H56O3. The monoisotopic (exact) mass is 584 g/mol. The minimum Gasteiger partial charge on any atom is -0.393 e. The molecule has 3 unspecified atom stereocenters. The van der Waals surface area contributed by atoms with Gasteiger partial charge in [0.05, 0.1) is 12.2 Å². The molecule has 0 amide bonds. The van der Waals surface area contributed by atoms with Crippen molar-refractivity contribution >= 4 is 5.78 Å². The first-order chi connectivity index (χ1) is 20.0. The van der Waals surface area contributed by atoms with E-state index in [-0.39, 0.29) is 22.7 Å². The maximum Gasteiger partial charge on any atom is 0.162 e. The highest BCUT2D eigenvalue weighted by atomic mass is 16.3. The van der Waals surface area contributed by atoms with Crippen molar-refractivity contribution in [3.63, 3.8) is 0 Å². The third-order valence-corrected chi connectivity index (χ3v) is 9.18. The standard InChI is InChI=1S/C40H56O3/c1-29(17-13-19-31(3)21-23-36-33(5)25-34(41)26-38(36,6)7)15-11-12-16-30(2)18-14-20-32(4)22-24-37(43)40(10)28-35(42)27-39(40,8)9/h11-24,34-35,41-42H,25-28H2,1-10H3/b12-11+,17-13+,18-14+,23-21+,24-22+,29-15+,30-16+,31-19-,32-20-. The molecule has 1 fully saturated rings. The van der Waals surface area contributed by atoms with Gasteiger partial charge in [-0.15, -0.1) is 0 Å². The van der Waals surface area contributed by atoms with Gasteiger partial charge in [0.25, 0.3) is 0 Å². The van der Waals surface area contributed by atoms with E-state index in [9.17, 15) is 15.0 Å². The highest BCUT2D eigenvalue weighted by Gasteiger charge is 2.52. The molecule has 0 aliphatic heterocycles. The lowest BCUT2D eigenvalue weighted by molar-refractivity contribution is -0.127. The summed E-state index contributed by atoms with van der Waals surface area (Å²) in [6, 6.07) is 0. The van der Waals surface area contributed by atoms with E-state index < -0.39 is 11.5 Å². The van der Waals surface area contributed by atoms with Crippen LogP contribution in [0.2, 0.25) is 0 Å². The number of hydrogen-bond acceptors (Lipinski definition) is 3. The third kappa shape index (κ3) is 10.9. The second kappa shape index (κ2) is 15.6. The molecular weight excluding hydrogens is 528 g/mol. The quantitative estimate of drug-likeness (QED) is 0.188. The summed E-state index contributed by atoms with van der Waals surface area (Å²) in [6.45, 7) is 20.9. The van der Waals surface area contributed by atoms with Crippen molar-refractivity contribution in [2.45, 2.75) is 107 Å². The first-order valence-electron chi connectivity index (χ1n) is 15.7. The average molecular weight is 585 g/mol. The highest BCUT2D eigenvalue weighted by molar-refractivity contribution is 5.95. The lowest BCUT2D eigenvalue weighted by Gasteiger charge is -2.35. The summed E-state index contributed by atoms with van der Waals surface area (Å²) >= 11 is 0. The lowest BCUT2D eigenvalue weighted by Crippen LogP contribution is -2.36. The van der Waals surface area contributed by atoms with Crippen LogP contribution in [0, 0.1) is 16.2 Å². The third-order valence-electron chi connectivity index (χ3n) is 9.18. The molecule has 3 heteroatoms. The lowest BCUT2D eigenvalue weighted by atomic mass is 9.66. The van der Waals surface area contributed by atoms with Crippen LogP contribution in [0.4, 0.5) is 0 Å². The Hall–Kier alpha value is -3.01. The van der Waals surface area contributed by atoms with Crippen molar-refractivity contribution in [2.75, 3.05) is 0 Å². The Morgan fingerprint density at radius 1 is 0.651 bits per heavy atom. The van der Waals surface area contributed by atoms with Gasteiger partial charge in [-0.1, -0.05) is 141 Å². The molecule has 0 saturated heterocycles. The molecule has 0 bridgehead atoms. The molecule has 234 valence electrons. The van der Waals surface area contributed by atoms with Crippen molar-refractivity contribution in [3.8, 4) is 0 Å². The Morgan fingerprint density at radius 2 is 1.14 bits per heavy atom. The number of hydrogen-bond donors (Lipinski definition) is 2. The maximum absolute atomic E-state index is 12.9. The van der Waals surface area contributed by atoms with Crippen LogP contribution in [0.25, 0.3) is 0 Å². The Balaban J connectivity index is 1.89. The summed E-state index contributed by atoms with van der Waals surface area (Å²) in [4.78, 5) is 12.9. The zero-order valence-electron chi connectivity index (χ0n) is 28.4. The molecule has 3 nitrogen and oxygen atoms in total. The van der Waals surface area contributed by atoms with Crippen LogP contribution in [-0.2, 0) is 4.79 Å². The van der Waals surface area contributed by atoms with Crippen LogP contribution in [0.1, 0.15) is 94.9 Å². The van der Waals surface area contributed by atoms with E-state index in [4.69, 9.17) is 0 Å². The average Bonchev–Trinajstić information content (AvgIpc) is 3.10.